The first-order chi connectivity index (χ1) is 9.67. The molecule has 0 spiro atoms. The van der Waals surface area contributed by atoms with Crippen LogP contribution in [0.4, 0.5) is 4.39 Å². The van der Waals surface area contributed by atoms with Gasteiger partial charge in [0.05, 0.1) is 7.11 Å². The van der Waals surface area contributed by atoms with Crippen LogP contribution in [0.2, 0.25) is 0 Å². The summed E-state index contributed by atoms with van der Waals surface area (Å²) in [5.41, 5.74) is -2.55. The van der Waals surface area contributed by atoms with Crippen molar-refractivity contribution in [1.82, 2.24) is 0 Å². The maximum absolute atomic E-state index is 14.9. The van der Waals surface area contributed by atoms with E-state index in [0.717, 1.165) is 5.56 Å². The van der Waals surface area contributed by atoms with Gasteiger partial charge < -0.3 is 9.47 Å². The van der Waals surface area contributed by atoms with E-state index in [-0.39, 0.29) is 12.0 Å². The van der Waals surface area contributed by atoms with Crippen molar-refractivity contribution in [2.75, 3.05) is 7.11 Å². The predicted octanol–water partition coefficient (Wildman–Crippen LogP) is 2.87. The van der Waals surface area contributed by atoms with Crippen molar-refractivity contribution < 1.29 is 23.5 Å². The molecule has 4 nitrogen and oxygen atoms in total. The van der Waals surface area contributed by atoms with Gasteiger partial charge in [-0.3, -0.25) is 4.79 Å². The van der Waals surface area contributed by atoms with E-state index < -0.39 is 23.0 Å². The minimum absolute atomic E-state index is 0.189. The summed E-state index contributed by atoms with van der Waals surface area (Å²) >= 11 is 0. The van der Waals surface area contributed by atoms with Crippen LogP contribution >= 0.6 is 0 Å². The molecule has 0 aliphatic heterocycles. The van der Waals surface area contributed by atoms with E-state index in [0.29, 0.717) is 12.2 Å². The summed E-state index contributed by atoms with van der Waals surface area (Å²) in [5, 5.41) is 0. The number of methoxy groups -OCH3 is 1. The standard InChI is InChI=1S/C16H19FO4/c1-15(2,3)21-14(19)16(17)8-7-10-5-6-11(20-4)9-12(10)13(16)18/h5-6,9H,7-8H2,1-4H3. The maximum atomic E-state index is 14.9. The van der Waals surface area contributed by atoms with Gasteiger partial charge >= 0.3 is 5.97 Å². The molecule has 0 N–H and O–H groups in total. The number of halogens is 1. The van der Waals surface area contributed by atoms with Gasteiger partial charge in [0.25, 0.3) is 5.67 Å². The lowest BCUT2D eigenvalue weighted by Crippen LogP contribution is -2.48. The second kappa shape index (κ2) is 5.13. The molecule has 0 radical (unpaired) electrons. The molecular formula is C16H19FO4. The lowest BCUT2D eigenvalue weighted by Gasteiger charge is -2.31. The number of rotatable bonds is 2. The Hall–Kier alpha value is -1.91. The van der Waals surface area contributed by atoms with Crippen molar-refractivity contribution >= 4 is 11.8 Å². The van der Waals surface area contributed by atoms with Crippen LogP contribution in [-0.4, -0.2) is 30.1 Å². The van der Waals surface area contributed by atoms with Gasteiger partial charge in [0.1, 0.15) is 11.4 Å². The molecule has 1 atom stereocenters. The highest BCUT2D eigenvalue weighted by Gasteiger charge is 2.52. The smallest absolute Gasteiger partial charge is 0.352 e. The quantitative estimate of drug-likeness (QED) is 0.621. The number of hydrogen-bond donors (Lipinski definition) is 0. The van der Waals surface area contributed by atoms with E-state index in [1.54, 1.807) is 32.9 Å². The van der Waals surface area contributed by atoms with Crippen molar-refractivity contribution in [3.63, 3.8) is 0 Å². The SMILES string of the molecule is COc1ccc2c(c1)C(=O)C(F)(C(=O)OC(C)(C)C)CC2. The number of ketones is 1. The van der Waals surface area contributed by atoms with Gasteiger partial charge in [-0.2, -0.15) is 0 Å². The van der Waals surface area contributed by atoms with Crippen LogP contribution in [0.25, 0.3) is 0 Å². The molecule has 2 rings (SSSR count). The second-order valence-corrected chi connectivity index (χ2v) is 6.16. The minimum Gasteiger partial charge on any atom is -0.497 e. The number of alkyl halides is 1. The molecule has 0 bridgehead atoms. The Morgan fingerprint density at radius 1 is 1.33 bits per heavy atom. The number of carbonyl (C=O) groups excluding carboxylic acids is 2. The van der Waals surface area contributed by atoms with E-state index in [4.69, 9.17) is 9.47 Å². The largest absolute Gasteiger partial charge is 0.497 e. The Morgan fingerprint density at radius 3 is 2.57 bits per heavy atom. The number of Topliss-reactive ketones (excluding diaryl/α,β-unsaturated/α-hetero) is 1. The fraction of sp³-hybridized carbons (Fsp3) is 0.500. The van der Waals surface area contributed by atoms with Gasteiger partial charge in [0.15, 0.2) is 0 Å². The van der Waals surface area contributed by atoms with Crippen molar-refractivity contribution in [3.8, 4) is 5.75 Å². The highest BCUT2D eigenvalue weighted by atomic mass is 19.1. The predicted molar refractivity (Wildman–Crippen MR) is 75.3 cm³/mol. The summed E-state index contributed by atoms with van der Waals surface area (Å²) in [6.07, 6.45) is 0.112. The molecule has 1 aliphatic carbocycles. The van der Waals surface area contributed by atoms with Crippen LogP contribution in [0, 0.1) is 0 Å². The summed E-state index contributed by atoms with van der Waals surface area (Å²) in [5.74, 6) is -1.51. The third-order valence-electron chi connectivity index (χ3n) is 3.38. The molecule has 21 heavy (non-hydrogen) atoms. The zero-order valence-corrected chi connectivity index (χ0v) is 12.7. The summed E-state index contributed by atoms with van der Waals surface area (Å²) in [7, 11) is 1.46. The summed E-state index contributed by atoms with van der Waals surface area (Å²) in [4.78, 5) is 24.5. The number of hydrogen-bond acceptors (Lipinski definition) is 4. The van der Waals surface area contributed by atoms with E-state index in [1.807, 2.05) is 0 Å². The van der Waals surface area contributed by atoms with Gasteiger partial charge in [0.2, 0.25) is 5.78 Å². The zero-order chi connectivity index (χ0) is 15.8. The van der Waals surface area contributed by atoms with Crippen LogP contribution in [0.15, 0.2) is 18.2 Å². The third-order valence-corrected chi connectivity index (χ3v) is 3.38. The van der Waals surface area contributed by atoms with Crippen LogP contribution in [0.1, 0.15) is 43.1 Å². The fourth-order valence-electron chi connectivity index (χ4n) is 2.30. The van der Waals surface area contributed by atoms with Crippen molar-refractivity contribution in [1.29, 1.82) is 0 Å². The van der Waals surface area contributed by atoms with E-state index >= 15 is 0 Å². The molecule has 1 aromatic rings. The summed E-state index contributed by atoms with van der Waals surface area (Å²) in [6.45, 7) is 4.91. The van der Waals surface area contributed by atoms with Crippen LogP contribution in [0.5, 0.6) is 5.75 Å². The van der Waals surface area contributed by atoms with Gasteiger partial charge in [-0.1, -0.05) is 6.07 Å². The number of benzene rings is 1. The molecule has 5 heteroatoms. The molecular weight excluding hydrogens is 275 g/mol. The fourth-order valence-corrected chi connectivity index (χ4v) is 2.30. The van der Waals surface area contributed by atoms with E-state index in [9.17, 15) is 14.0 Å². The Labute approximate surface area is 123 Å². The van der Waals surface area contributed by atoms with Gasteiger partial charge in [-0.15, -0.1) is 0 Å². The van der Waals surface area contributed by atoms with Gasteiger partial charge in [-0.25, -0.2) is 9.18 Å². The molecule has 1 aliphatic rings. The maximum Gasteiger partial charge on any atom is 0.352 e. The number of carbonyl (C=O) groups is 2. The average Bonchev–Trinajstić information content (AvgIpc) is 2.41. The monoisotopic (exact) mass is 294 g/mol. The number of esters is 1. The molecule has 0 amide bonds. The van der Waals surface area contributed by atoms with Gasteiger partial charge in [-0.05, 0) is 44.9 Å². The highest BCUT2D eigenvalue weighted by molar-refractivity contribution is 6.17. The number of ether oxygens (including phenoxy) is 2. The average molecular weight is 294 g/mol. The molecule has 1 unspecified atom stereocenters. The Kier molecular flexibility index (Phi) is 3.78. The molecule has 1 aromatic carbocycles. The topological polar surface area (TPSA) is 52.6 Å². The molecule has 0 saturated heterocycles. The van der Waals surface area contributed by atoms with Crippen molar-refractivity contribution in [2.24, 2.45) is 0 Å². The lowest BCUT2D eigenvalue weighted by molar-refractivity contribution is -0.166. The summed E-state index contributed by atoms with van der Waals surface area (Å²) in [6, 6.07) is 4.90. The molecule has 114 valence electrons. The first-order valence-corrected chi connectivity index (χ1v) is 6.81. The zero-order valence-electron chi connectivity index (χ0n) is 12.7. The van der Waals surface area contributed by atoms with E-state index in [2.05, 4.69) is 0 Å². The number of fused-ring (bicyclic) bond motifs is 1. The number of aryl methyl sites for hydroxylation is 1. The third kappa shape index (κ3) is 2.91. The molecule has 0 aromatic heterocycles. The summed E-state index contributed by atoms with van der Waals surface area (Å²) < 4.78 is 25.0. The first kappa shape index (κ1) is 15.5. The second-order valence-electron chi connectivity index (χ2n) is 6.16. The lowest BCUT2D eigenvalue weighted by atomic mass is 9.80. The van der Waals surface area contributed by atoms with Gasteiger partial charge in [0, 0.05) is 12.0 Å². The first-order valence-electron chi connectivity index (χ1n) is 6.81. The Balaban J connectivity index is 2.36. The normalized spacial score (nSPS) is 21.7. The van der Waals surface area contributed by atoms with Crippen LogP contribution in [-0.2, 0) is 16.0 Å². The van der Waals surface area contributed by atoms with E-state index in [1.165, 1.54) is 13.2 Å². The van der Waals surface area contributed by atoms with Crippen LogP contribution < -0.4 is 4.74 Å². The van der Waals surface area contributed by atoms with Crippen LogP contribution in [0.3, 0.4) is 0 Å². The molecule has 0 heterocycles. The minimum atomic E-state index is -2.62. The van der Waals surface area contributed by atoms with Crippen molar-refractivity contribution in [3.05, 3.63) is 29.3 Å². The Morgan fingerprint density at radius 2 is 2.00 bits per heavy atom. The Bertz CT molecular complexity index is 588. The molecule has 0 fully saturated rings. The van der Waals surface area contributed by atoms with Crippen molar-refractivity contribution in [2.45, 2.75) is 44.9 Å². The molecule has 0 saturated carbocycles. The highest BCUT2D eigenvalue weighted by Crippen LogP contribution is 2.35.